The van der Waals surface area contributed by atoms with Crippen LogP contribution in [-0.2, 0) is 0 Å². The lowest BCUT2D eigenvalue weighted by atomic mass is 9.68. The first-order valence-corrected chi connectivity index (χ1v) is 8.92. The van der Waals surface area contributed by atoms with Crippen LogP contribution in [0.2, 0.25) is 0 Å². The van der Waals surface area contributed by atoms with E-state index in [4.69, 9.17) is 0 Å². The number of nitrogens with zero attached hydrogens (tertiary/aromatic N) is 1. The van der Waals surface area contributed by atoms with Crippen LogP contribution < -0.4 is 5.32 Å². The van der Waals surface area contributed by atoms with E-state index in [1.807, 2.05) is 0 Å². The predicted octanol–water partition coefficient (Wildman–Crippen LogP) is 3.42. The van der Waals surface area contributed by atoms with Crippen LogP contribution in [0.25, 0.3) is 0 Å². The molecule has 1 N–H and O–H groups in total. The van der Waals surface area contributed by atoms with Crippen molar-refractivity contribution in [3.05, 3.63) is 0 Å². The molecule has 3 aliphatic carbocycles. The Morgan fingerprint density at radius 1 is 1.10 bits per heavy atom. The molecule has 0 spiro atoms. The fourth-order valence-corrected chi connectivity index (χ4v) is 6.05. The van der Waals surface area contributed by atoms with Crippen molar-refractivity contribution < 1.29 is 0 Å². The van der Waals surface area contributed by atoms with Crippen molar-refractivity contribution in [1.82, 2.24) is 10.2 Å². The van der Waals surface area contributed by atoms with Crippen LogP contribution in [0.4, 0.5) is 0 Å². The van der Waals surface area contributed by atoms with Gasteiger partial charge < -0.3 is 5.32 Å². The maximum atomic E-state index is 4.14. The highest BCUT2D eigenvalue weighted by Gasteiger charge is 2.59. The van der Waals surface area contributed by atoms with Gasteiger partial charge in [-0.2, -0.15) is 0 Å². The molecule has 4 fully saturated rings. The van der Waals surface area contributed by atoms with E-state index in [0.717, 1.165) is 30.1 Å². The van der Waals surface area contributed by atoms with Crippen molar-refractivity contribution in [2.24, 2.45) is 16.7 Å². The van der Waals surface area contributed by atoms with Crippen molar-refractivity contribution in [2.75, 3.05) is 6.54 Å². The number of rotatable bonds is 3. The maximum Gasteiger partial charge on any atom is 0.0213 e. The van der Waals surface area contributed by atoms with Crippen molar-refractivity contribution in [2.45, 2.75) is 90.4 Å². The van der Waals surface area contributed by atoms with Gasteiger partial charge in [-0.05, 0) is 62.2 Å². The van der Waals surface area contributed by atoms with Crippen LogP contribution in [-0.4, -0.2) is 35.6 Å². The second-order valence-electron chi connectivity index (χ2n) is 9.22. The molecule has 5 unspecified atom stereocenters. The van der Waals surface area contributed by atoms with Gasteiger partial charge in [0.15, 0.2) is 0 Å². The molecule has 0 aromatic carbocycles. The molecule has 1 heterocycles. The lowest BCUT2D eigenvalue weighted by Gasteiger charge is -2.44. The molecular formula is C18H32N2. The quantitative estimate of drug-likeness (QED) is 0.850. The molecule has 0 aromatic rings. The van der Waals surface area contributed by atoms with Gasteiger partial charge in [0, 0.05) is 30.7 Å². The Labute approximate surface area is 124 Å². The van der Waals surface area contributed by atoms with Crippen LogP contribution in [0, 0.1) is 16.7 Å². The average molecular weight is 276 g/mol. The van der Waals surface area contributed by atoms with Gasteiger partial charge in [0.2, 0.25) is 0 Å². The average Bonchev–Trinajstić information content (AvgIpc) is 2.98. The molecule has 3 saturated carbocycles. The molecule has 20 heavy (non-hydrogen) atoms. The third kappa shape index (κ3) is 1.90. The summed E-state index contributed by atoms with van der Waals surface area (Å²) >= 11 is 0. The molecule has 5 atom stereocenters. The van der Waals surface area contributed by atoms with E-state index in [-0.39, 0.29) is 0 Å². The summed E-state index contributed by atoms with van der Waals surface area (Å²) in [5, 5.41) is 4.14. The second-order valence-corrected chi connectivity index (χ2v) is 9.22. The number of nitrogens with one attached hydrogen (secondary N) is 1. The summed E-state index contributed by atoms with van der Waals surface area (Å²) in [6.07, 6.45) is 8.65. The van der Waals surface area contributed by atoms with Gasteiger partial charge in [0.05, 0.1) is 0 Å². The molecule has 4 aliphatic rings. The molecule has 1 saturated heterocycles. The summed E-state index contributed by atoms with van der Waals surface area (Å²) in [6, 6.07) is 3.21. The van der Waals surface area contributed by atoms with Gasteiger partial charge >= 0.3 is 0 Å². The van der Waals surface area contributed by atoms with E-state index >= 15 is 0 Å². The molecule has 2 heteroatoms. The van der Waals surface area contributed by atoms with Gasteiger partial charge in [0.1, 0.15) is 0 Å². The molecule has 0 amide bonds. The number of fused-ring (bicyclic) bond motifs is 2. The highest BCUT2D eigenvalue weighted by atomic mass is 15.3. The normalized spacial score (nSPS) is 51.0. The fraction of sp³-hybridized carbons (Fsp3) is 1.00. The minimum absolute atomic E-state index is 0.503. The zero-order chi connectivity index (χ0) is 14.1. The summed E-state index contributed by atoms with van der Waals surface area (Å²) < 4.78 is 0. The van der Waals surface area contributed by atoms with Crippen molar-refractivity contribution in [1.29, 1.82) is 0 Å². The van der Waals surface area contributed by atoms with Gasteiger partial charge in [-0.15, -0.1) is 0 Å². The van der Waals surface area contributed by atoms with E-state index in [0.29, 0.717) is 10.8 Å². The van der Waals surface area contributed by atoms with Gasteiger partial charge in [0.25, 0.3) is 0 Å². The molecule has 0 aromatic heterocycles. The van der Waals surface area contributed by atoms with Crippen molar-refractivity contribution in [3.8, 4) is 0 Å². The Bertz CT molecular complexity index is 395. The Morgan fingerprint density at radius 3 is 2.45 bits per heavy atom. The first kappa shape index (κ1) is 13.6. The minimum Gasteiger partial charge on any atom is -0.309 e. The van der Waals surface area contributed by atoms with Crippen LogP contribution in [0.3, 0.4) is 0 Å². The van der Waals surface area contributed by atoms with Crippen molar-refractivity contribution >= 4 is 0 Å². The van der Waals surface area contributed by atoms with Gasteiger partial charge in [-0.1, -0.05) is 20.8 Å². The third-order valence-electron chi connectivity index (χ3n) is 7.31. The largest absolute Gasteiger partial charge is 0.309 e. The van der Waals surface area contributed by atoms with Crippen molar-refractivity contribution in [3.63, 3.8) is 0 Å². The molecule has 4 rings (SSSR count). The van der Waals surface area contributed by atoms with E-state index in [9.17, 15) is 0 Å². The monoisotopic (exact) mass is 276 g/mol. The molecule has 114 valence electrons. The summed E-state index contributed by atoms with van der Waals surface area (Å²) in [5.74, 6) is 0.961. The lowest BCUT2D eigenvalue weighted by molar-refractivity contribution is 0.0986. The summed E-state index contributed by atoms with van der Waals surface area (Å²) in [7, 11) is 0. The third-order valence-corrected chi connectivity index (χ3v) is 7.31. The second kappa shape index (κ2) is 4.23. The standard InChI is InChI=1S/C18H32N2/c1-12-9-14(11-20(12)15-5-6-15)19-16-17(2,3)13-7-8-18(16,4)10-13/h12-16,19H,5-11H2,1-4H3. The van der Waals surface area contributed by atoms with Crippen LogP contribution in [0.1, 0.15) is 66.2 Å². The topological polar surface area (TPSA) is 15.3 Å². The number of hydrogen-bond acceptors (Lipinski definition) is 2. The molecule has 2 nitrogen and oxygen atoms in total. The van der Waals surface area contributed by atoms with Gasteiger partial charge in [-0.25, -0.2) is 0 Å². The Hall–Kier alpha value is -0.0800. The lowest BCUT2D eigenvalue weighted by Crippen LogP contribution is -2.54. The minimum atomic E-state index is 0.503. The molecule has 0 radical (unpaired) electrons. The summed E-state index contributed by atoms with van der Waals surface area (Å²) in [5.41, 5.74) is 1.08. The highest BCUT2D eigenvalue weighted by molar-refractivity contribution is 5.13. The summed E-state index contributed by atoms with van der Waals surface area (Å²) in [6.45, 7) is 11.3. The summed E-state index contributed by atoms with van der Waals surface area (Å²) in [4.78, 5) is 2.78. The van der Waals surface area contributed by atoms with E-state index in [1.54, 1.807) is 0 Å². The van der Waals surface area contributed by atoms with E-state index < -0.39 is 0 Å². The first-order chi connectivity index (χ1) is 9.40. The first-order valence-electron chi connectivity index (χ1n) is 8.92. The zero-order valence-electron chi connectivity index (χ0n) is 13.8. The highest BCUT2D eigenvalue weighted by Crippen LogP contribution is 2.62. The van der Waals surface area contributed by atoms with E-state index in [1.165, 1.54) is 45.1 Å². The Morgan fingerprint density at radius 2 is 1.85 bits per heavy atom. The Balaban J connectivity index is 1.46. The van der Waals surface area contributed by atoms with E-state index in [2.05, 4.69) is 37.9 Å². The molecular weight excluding hydrogens is 244 g/mol. The van der Waals surface area contributed by atoms with Crippen LogP contribution in [0.15, 0.2) is 0 Å². The number of likely N-dealkylation sites (tertiary alicyclic amines) is 1. The smallest absolute Gasteiger partial charge is 0.0213 e. The van der Waals surface area contributed by atoms with Crippen LogP contribution >= 0.6 is 0 Å². The molecule has 2 bridgehead atoms. The zero-order valence-corrected chi connectivity index (χ0v) is 13.8. The van der Waals surface area contributed by atoms with Crippen LogP contribution in [0.5, 0.6) is 0 Å². The fourth-order valence-electron chi connectivity index (χ4n) is 6.05. The predicted molar refractivity (Wildman–Crippen MR) is 83.7 cm³/mol. The molecule has 1 aliphatic heterocycles. The number of hydrogen-bond donors (Lipinski definition) is 1. The Kier molecular flexibility index (Phi) is 2.87. The van der Waals surface area contributed by atoms with Gasteiger partial charge in [-0.3, -0.25) is 4.90 Å². The maximum absolute atomic E-state index is 4.14. The SMILES string of the molecule is CC1CC(NC2C3(C)CCC(C3)C2(C)C)CN1C1CC1.